The zero-order valence-corrected chi connectivity index (χ0v) is 19.6. The van der Waals surface area contributed by atoms with Crippen molar-refractivity contribution in [2.24, 2.45) is 0 Å². The lowest BCUT2D eigenvalue weighted by Gasteiger charge is -2.22. The van der Waals surface area contributed by atoms with Crippen LogP contribution < -0.4 is 5.32 Å². The summed E-state index contributed by atoms with van der Waals surface area (Å²) < 4.78 is 16.5. The minimum atomic E-state index is -0.403. The van der Waals surface area contributed by atoms with E-state index >= 15 is 0 Å². The molecule has 3 aromatic rings. The third-order valence-corrected chi connectivity index (χ3v) is 6.05. The number of carbonyl (C=O) groups is 3. The Bertz CT molecular complexity index is 1270. The Morgan fingerprint density at radius 1 is 1.03 bits per heavy atom. The van der Waals surface area contributed by atoms with E-state index in [0.717, 1.165) is 0 Å². The first-order chi connectivity index (χ1) is 16.3. The van der Waals surface area contributed by atoms with Crippen LogP contribution in [0.3, 0.4) is 0 Å². The number of amides is 3. The van der Waals surface area contributed by atoms with Crippen LogP contribution in [0, 0.1) is 5.82 Å². The van der Waals surface area contributed by atoms with Gasteiger partial charge in [-0.1, -0.05) is 12.1 Å². The van der Waals surface area contributed by atoms with Gasteiger partial charge < -0.3 is 19.7 Å². The Morgan fingerprint density at radius 3 is 2.41 bits per heavy atom. The van der Waals surface area contributed by atoms with Crippen LogP contribution in [0.4, 0.5) is 10.1 Å². The lowest BCUT2D eigenvalue weighted by atomic mass is 10.1. The van der Waals surface area contributed by atoms with Crippen molar-refractivity contribution in [3.05, 3.63) is 47.8 Å². The summed E-state index contributed by atoms with van der Waals surface area (Å²) in [7, 11) is 0. The molecule has 1 fully saturated rings. The number of anilines is 1. The van der Waals surface area contributed by atoms with Crippen LogP contribution in [0.15, 0.2) is 36.4 Å². The summed E-state index contributed by atoms with van der Waals surface area (Å²) in [5.74, 6) is -0.475. The van der Waals surface area contributed by atoms with Crippen LogP contribution in [-0.4, -0.2) is 63.3 Å². The number of benzene rings is 2. The molecular weight excluding hydrogens is 437 g/mol. The number of aryl methyl sites for hydroxylation is 1. The molecule has 0 bridgehead atoms. The highest BCUT2D eigenvalue weighted by Crippen LogP contribution is 2.32. The van der Waals surface area contributed by atoms with Crippen molar-refractivity contribution < 1.29 is 18.8 Å². The Morgan fingerprint density at radius 2 is 1.74 bits per heavy atom. The molecule has 0 spiro atoms. The molecule has 0 saturated carbocycles. The van der Waals surface area contributed by atoms with Gasteiger partial charge in [0.15, 0.2) is 0 Å². The van der Waals surface area contributed by atoms with Crippen LogP contribution in [-0.2, 0) is 16.1 Å². The maximum atomic E-state index is 14.7. The second-order valence-electron chi connectivity index (χ2n) is 8.38. The van der Waals surface area contributed by atoms with Gasteiger partial charge in [0, 0.05) is 52.3 Å². The molecule has 178 valence electrons. The topological polar surface area (TPSA) is 87.5 Å². The molecule has 9 heteroatoms. The largest absolute Gasteiger partial charge is 0.341 e. The van der Waals surface area contributed by atoms with Gasteiger partial charge >= 0.3 is 0 Å². The lowest BCUT2D eigenvalue weighted by Crippen LogP contribution is -2.36. The van der Waals surface area contributed by atoms with E-state index < -0.39 is 5.82 Å². The number of nitrogens with one attached hydrogen (secondary N) is 1. The number of fused-ring (bicyclic) bond motifs is 1. The fourth-order valence-electron chi connectivity index (χ4n) is 4.47. The number of halogens is 1. The van der Waals surface area contributed by atoms with Crippen molar-refractivity contribution >= 4 is 34.4 Å². The van der Waals surface area contributed by atoms with E-state index in [-0.39, 0.29) is 17.7 Å². The fraction of sp³-hybridized carbons (Fsp3) is 0.360. The molecule has 0 aliphatic carbocycles. The van der Waals surface area contributed by atoms with Gasteiger partial charge in [-0.2, -0.15) is 0 Å². The number of hydrogen-bond donors (Lipinski definition) is 1. The first kappa shape index (κ1) is 23.4. The van der Waals surface area contributed by atoms with Crippen molar-refractivity contribution in [2.75, 3.05) is 31.5 Å². The zero-order valence-electron chi connectivity index (χ0n) is 19.6. The summed E-state index contributed by atoms with van der Waals surface area (Å²) in [6.07, 6.45) is 0.674. The van der Waals surface area contributed by atoms with Crippen molar-refractivity contribution in [1.82, 2.24) is 19.4 Å². The van der Waals surface area contributed by atoms with Crippen LogP contribution in [0.2, 0.25) is 0 Å². The highest BCUT2D eigenvalue weighted by molar-refractivity contribution is 6.08. The first-order valence-corrected chi connectivity index (χ1v) is 11.4. The number of aromatic nitrogens is 2. The van der Waals surface area contributed by atoms with Gasteiger partial charge in [-0.3, -0.25) is 14.4 Å². The van der Waals surface area contributed by atoms with Gasteiger partial charge in [0.05, 0.1) is 22.2 Å². The van der Waals surface area contributed by atoms with Gasteiger partial charge in [-0.25, -0.2) is 9.37 Å². The van der Waals surface area contributed by atoms with E-state index in [4.69, 9.17) is 0 Å². The van der Waals surface area contributed by atoms with Gasteiger partial charge in [0.25, 0.3) is 5.91 Å². The second-order valence-corrected chi connectivity index (χ2v) is 8.38. The summed E-state index contributed by atoms with van der Waals surface area (Å²) in [6.45, 7) is 7.29. The van der Waals surface area contributed by atoms with Gasteiger partial charge in [-0.15, -0.1) is 0 Å². The summed E-state index contributed by atoms with van der Waals surface area (Å²) in [4.78, 5) is 45.5. The van der Waals surface area contributed by atoms with E-state index in [1.807, 2.05) is 11.5 Å². The molecular formula is C25H28FN5O3. The van der Waals surface area contributed by atoms with Crippen LogP contribution in [0.5, 0.6) is 0 Å². The average Bonchev–Trinajstić information content (AvgIpc) is 2.98. The highest BCUT2D eigenvalue weighted by atomic mass is 19.1. The molecule has 2 aromatic carbocycles. The molecule has 1 aliphatic heterocycles. The molecule has 2 heterocycles. The van der Waals surface area contributed by atoms with Crippen molar-refractivity contribution in [1.29, 1.82) is 0 Å². The smallest absolute Gasteiger partial charge is 0.256 e. The molecule has 1 N–H and O–H groups in total. The van der Waals surface area contributed by atoms with Crippen LogP contribution in [0.25, 0.3) is 22.4 Å². The van der Waals surface area contributed by atoms with E-state index in [1.165, 1.54) is 19.9 Å². The van der Waals surface area contributed by atoms with Crippen molar-refractivity contribution in [3.8, 4) is 11.4 Å². The molecule has 1 aliphatic rings. The predicted molar refractivity (Wildman–Crippen MR) is 128 cm³/mol. The standard InChI is InChI=1S/C25H28FN5O3/c1-4-31-23-20(25(34)30-11-7-10-29(12-13-30)17(3)33)14-18(27-16(2)32)15-22(23)28-24(31)19-8-5-6-9-21(19)26/h5-6,8-9,14-15H,4,7,10-13H2,1-3H3,(H,27,32). The van der Waals surface area contributed by atoms with Gasteiger partial charge in [-0.05, 0) is 37.6 Å². The molecule has 4 rings (SSSR count). The van der Waals surface area contributed by atoms with E-state index in [9.17, 15) is 18.8 Å². The predicted octanol–water partition coefficient (Wildman–Crippen LogP) is 3.52. The molecule has 0 unspecified atom stereocenters. The molecule has 3 amide bonds. The maximum Gasteiger partial charge on any atom is 0.256 e. The SMILES string of the molecule is CCn1c(-c2ccccc2F)nc2cc(NC(C)=O)cc(C(=O)N3CCCN(C(C)=O)CC3)c21. The monoisotopic (exact) mass is 465 g/mol. The highest BCUT2D eigenvalue weighted by Gasteiger charge is 2.26. The van der Waals surface area contributed by atoms with Crippen molar-refractivity contribution in [2.45, 2.75) is 33.7 Å². The number of hydrogen-bond acceptors (Lipinski definition) is 4. The summed E-state index contributed by atoms with van der Waals surface area (Å²) in [5, 5.41) is 2.74. The third kappa shape index (κ3) is 4.50. The number of rotatable bonds is 4. The summed E-state index contributed by atoms with van der Waals surface area (Å²) in [6, 6.07) is 9.74. The molecule has 8 nitrogen and oxygen atoms in total. The number of imidazole rings is 1. The van der Waals surface area contributed by atoms with Gasteiger partial charge in [0.1, 0.15) is 11.6 Å². The van der Waals surface area contributed by atoms with Gasteiger partial charge in [0.2, 0.25) is 11.8 Å². The summed E-state index contributed by atoms with van der Waals surface area (Å²) in [5.41, 5.74) is 2.26. The lowest BCUT2D eigenvalue weighted by molar-refractivity contribution is -0.128. The molecule has 1 saturated heterocycles. The average molecular weight is 466 g/mol. The minimum absolute atomic E-state index is 0.0112. The van der Waals surface area contributed by atoms with Crippen LogP contribution in [0.1, 0.15) is 37.6 Å². The van der Waals surface area contributed by atoms with E-state index in [0.29, 0.717) is 72.8 Å². The van der Waals surface area contributed by atoms with E-state index in [2.05, 4.69) is 10.3 Å². The molecule has 34 heavy (non-hydrogen) atoms. The number of nitrogens with zero attached hydrogens (tertiary/aromatic N) is 4. The third-order valence-electron chi connectivity index (χ3n) is 6.05. The first-order valence-electron chi connectivity index (χ1n) is 11.4. The van der Waals surface area contributed by atoms with Crippen LogP contribution >= 0.6 is 0 Å². The van der Waals surface area contributed by atoms with Crippen molar-refractivity contribution in [3.63, 3.8) is 0 Å². The Kier molecular flexibility index (Phi) is 6.63. The molecule has 0 atom stereocenters. The zero-order chi connectivity index (χ0) is 24.4. The van der Waals surface area contributed by atoms with E-state index in [1.54, 1.807) is 40.1 Å². The fourth-order valence-corrected chi connectivity index (χ4v) is 4.47. The minimum Gasteiger partial charge on any atom is -0.341 e. The summed E-state index contributed by atoms with van der Waals surface area (Å²) >= 11 is 0. The Labute approximate surface area is 197 Å². The molecule has 0 radical (unpaired) electrons. The maximum absolute atomic E-state index is 14.7. The number of carbonyl (C=O) groups excluding carboxylic acids is 3. The Balaban J connectivity index is 1.85. The second kappa shape index (κ2) is 9.62. The normalized spacial score (nSPS) is 14.2. The molecule has 1 aromatic heterocycles. The quantitative estimate of drug-likeness (QED) is 0.639. The Hall–Kier alpha value is -3.75.